The minimum absolute atomic E-state index is 0.0214. The summed E-state index contributed by atoms with van der Waals surface area (Å²) >= 11 is 12.1. The summed E-state index contributed by atoms with van der Waals surface area (Å²) in [6.45, 7) is 8.52. The van der Waals surface area contributed by atoms with Crippen molar-refractivity contribution in [1.82, 2.24) is 15.1 Å². The maximum Gasteiger partial charge on any atom is 0.255 e. The smallest absolute Gasteiger partial charge is 0.255 e. The maximum absolute atomic E-state index is 12.8. The van der Waals surface area contributed by atoms with Crippen molar-refractivity contribution < 1.29 is 9.59 Å². The Morgan fingerprint density at radius 3 is 2.33 bits per heavy atom. The lowest BCUT2D eigenvalue weighted by molar-refractivity contribution is -0.126. The molecule has 2 fully saturated rings. The first-order chi connectivity index (χ1) is 14.3. The van der Waals surface area contributed by atoms with Crippen molar-refractivity contribution in [2.75, 3.05) is 32.7 Å². The van der Waals surface area contributed by atoms with Crippen molar-refractivity contribution in [3.63, 3.8) is 0 Å². The Bertz CT molecular complexity index is 740. The number of nitrogens with one attached hydrogen (secondary N) is 1. The molecule has 2 aliphatic heterocycles. The van der Waals surface area contributed by atoms with Gasteiger partial charge in [0, 0.05) is 36.6 Å². The summed E-state index contributed by atoms with van der Waals surface area (Å²) in [5, 5.41) is 4.04. The van der Waals surface area contributed by atoms with Crippen LogP contribution in [0.2, 0.25) is 10.0 Å². The largest absolute Gasteiger partial charge is 0.356 e. The Kier molecular flexibility index (Phi) is 8.44. The maximum atomic E-state index is 12.8. The van der Waals surface area contributed by atoms with Gasteiger partial charge in [-0.15, -0.1) is 0 Å². The van der Waals surface area contributed by atoms with Crippen LogP contribution in [0.5, 0.6) is 0 Å². The van der Waals surface area contributed by atoms with Gasteiger partial charge >= 0.3 is 0 Å². The van der Waals surface area contributed by atoms with E-state index in [-0.39, 0.29) is 17.7 Å². The Morgan fingerprint density at radius 2 is 1.73 bits per heavy atom. The van der Waals surface area contributed by atoms with Crippen LogP contribution in [-0.2, 0) is 4.79 Å². The molecule has 0 spiro atoms. The van der Waals surface area contributed by atoms with Crippen LogP contribution in [0.15, 0.2) is 18.2 Å². The second-order valence-corrected chi connectivity index (χ2v) is 9.77. The number of hydrogen-bond acceptors (Lipinski definition) is 3. The molecule has 3 rings (SSSR count). The summed E-state index contributed by atoms with van der Waals surface area (Å²) in [7, 11) is 0. The Balaban J connectivity index is 1.43. The minimum atomic E-state index is -0.0214. The number of amides is 2. The second-order valence-electron chi connectivity index (χ2n) is 8.93. The van der Waals surface area contributed by atoms with Gasteiger partial charge in [0.25, 0.3) is 5.91 Å². The molecule has 2 saturated heterocycles. The summed E-state index contributed by atoms with van der Waals surface area (Å²) in [5.41, 5.74) is 0.517. The average molecular weight is 454 g/mol. The molecular formula is C23H33Cl2N3O2. The zero-order valence-corrected chi connectivity index (χ0v) is 19.5. The molecule has 5 nitrogen and oxygen atoms in total. The molecule has 0 bridgehead atoms. The first-order valence-corrected chi connectivity index (χ1v) is 11.9. The van der Waals surface area contributed by atoms with Crippen LogP contribution in [0.3, 0.4) is 0 Å². The van der Waals surface area contributed by atoms with Crippen LogP contribution in [0, 0.1) is 11.8 Å². The highest BCUT2D eigenvalue weighted by atomic mass is 35.5. The van der Waals surface area contributed by atoms with Crippen LogP contribution < -0.4 is 5.32 Å². The molecule has 1 N–H and O–H groups in total. The second kappa shape index (κ2) is 10.8. The third kappa shape index (κ3) is 6.12. The standard InChI is InChI=1S/C23H33Cl2N3O2/c1-16(2)5-10-26-22(29)17-6-11-27(12-7-17)19-8-13-28(14-9-19)23(30)20-4-3-18(24)15-21(20)25/h3-4,15-17,19H,5-14H2,1-2H3,(H,26,29). The summed E-state index contributed by atoms with van der Waals surface area (Å²) in [6, 6.07) is 5.51. The normalized spacial score (nSPS) is 19.3. The molecule has 0 saturated carbocycles. The van der Waals surface area contributed by atoms with Gasteiger partial charge in [0.2, 0.25) is 5.91 Å². The zero-order valence-electron chi connectivity index (χ0n) is 18.0. The number of hydrogen-bond donors (Lipinski definition) is 1. The van der Waals surface area contributed by atoms with Gasteiger partial charge in [0.15, 0.2) is 0 Å². The quantitative estimate of drug-likeness (QED) is 0.690. The summed E-state index contributed by atoms with van der Waals surface area (Å²) in [5.74, 6) is 0.949. The van der Waals surface area contributed by atoms with Gasteiger partial charge in [-0.1, -0.05) is 37.0 Å². The van der Waals surface area contributed by atoms with Crippen LogP contribution in [-0.4, -0.2) is 60.4 Å². The van der Waals surface area contributed by atoms with Crippen molar-refractivity contribution >= 4 is 35.0 Å². The minimum Gasteiger partial charge on any atom is -0.356 e. The lowest BCUT2D eigenvalue weighted by Crippen LogP contribution is -2.50. The molecule has 2 aliphatic rings. The van der Waals surface area contributed by atoms with Gasteiger partial charge in [-0.3, -0.25) is 9.59 Å². The monoisotopic (exact) mass is 453 g/mol. The molecule has 0 atom stereocenters. The molecule has 1 aromatic carbocycles. The molecule has 2 amide bonds. The van der Waals surface area contributed by atoms with E-state index in [2.05, 4.69) is 24.1 Å². The molecule has 30 heavy (non-hydrogen) atoms. The highest BCUT2D eigenvalue weighted by molar-refractivity contribution is 6.36. The lowest BCUT2D eigenvalue weighted by atomic mass is 9.92. The molecule has 0 aromatic heterocycles. The number of rotatable bonds is 6. The van der Waals surface area contributed by atoms with Crippen molar-refractivity contribution in [2.24, 2.45) is 11.8 Å². The van der Waals surface area contributed by atoms with Gasteiger partial charge in [-0.2, -0.15) is 0 Å². The highest BCUT2D eigenvalue weighted by Gasteiger charge is 2.32. The fourth-order valence-corrected chi connectivity index (χ4v) is 4.91. The average Bonchev–Trinajstić information content (AvgIpc) is 2.73. The number of likely N-dealkylation sites (tertiary alicyclic amines) is 2. The molecular weight excluding hydrogens is 421 g/mol. The molecule has 166 valence electrons. The van der Waals surface area contributed by atoms with Crippen molar-refractivity contribution in [2.45, 2.75) is 52.0 Å². The van der Waals surface area contributed by atoms with E-state index >= 15 is 0 Å². The van der Waals surface area contributed by atoms with Gasteiger partial charge in [-0.25, -0.2) is 0 Å². The first kappa shape index (κ1) is 23.4. The molecule has 1 aromatic rings. The predicted octanol–water partition coefficient (Wildman–Crippen LogP) is 4.47. The Hall–Kier alpha value is -1.30. The Morgan fingerprint density at radius 1 is 1.07 bits per heavy atom. The third-order valence-electron chi connectivity index (χ3n) is 6.35. The summed E-state index contributed by atoms with van der Waals surface area (Å²) in [6.07, 6.45) is 4.80. The van der Waals surface area contributed by atoms with Crippen LogP contribution in [0.25, 0.3) is 0 Å². The number of carbonyl (C=O) groups is 2. The van der Waals surface area contributed by atoms with E-state index in [1.165, 1.54) is 0 Å². The fraction of sp³-hybridized carbons (Fsp3) is 0.652. The number of nitrogens with zero attached hydrogens (tertiary/aromatic N) is 2. The Labute approximate surface area is 190 Å². The van der Waals surface area contributed by atoms with E-state index in [9.17, 15) is 9.59 Å². The van der Waals surface area contributed by atoms with E-state index in [0.717, 1.165) is 64.8 Å². The van der Waals surface area contributed by atoms with Crippen LogP contribution >= 0.6 is 23.2 Å². The first-order valence-electron chi connectivity index (χ1n) is 11.1. The number of piperidine rings is 2. The molecule has 2 heterocycles. The van der Waals surface area contributed by atoms with Gasteiger partial charge < -0.3 is 15.1 Å². The fourth-order valence-electron chi connectivity index (χ4n) is 4.42. The number of carbonyl (C=O) groups excluding carboxylic acids is 2. The van der Waals surface area contributed by atoms with Crippen LogP contribution in [0.1, 0.15) is 56.3 Å². The zero-order chi connectivity index (χ0) is 21.7. The van der Waals surface area contributed by atoms with Crippen molar-refractivity contribution in [3.8, 4) is 0 Å². The highest BCUT2D eigenvalue weighted by Crippen LogP contribution is 2.27. The van der Waals surface area contributed by atoms with E-state index in [4.69, 9.17) is 23.2 Å². The predicted molar refractivity (Wildman–Crippen MR) is 122 cm³/mol. The van der Waals surface area contributed by atoms with E-state index in [1.54, 1.807) is 18.2 Å². The molecule has 7 heteroatoms. The molecule has 0 aliphatic carbocycles. The summed E-state index contributed by atoms with van der Waals surface area (Å²) < 4.78 is 0. The summed E-state index contributed by atoms with van der Waals surface area (Å²) in [4.78, 5) is 29.6. The SMILES string of the molecule is CC(C)CCNC(=O)C1CCN(C2CCN(C(=O)c3ccc(Cl)cc3Cl)CC2)CC1. The van der Waals surface area contributed by atoms with Gasteiger partial charge in [0.1, 0.15) is 0 Å². The van der Waals surface area contributed by atoms with E-state index < -0.39 is 0 Å². The van der Waals surface area contributed by atoms with Crippen molar-refractivity contribution in [1.29, 1.82) is 0 Å². The number of benzene rings is 1. The third-order valence-corrected chi connectivity index (χ3v) is 6.90. The van der Waals surface area contributed by atoms with Crippen molar-refractivity contribution in [3.05, 3.63) is 33.8 Å². The van der Waals surface area contributed by atoms with Crippen LogP contribution in [0.4, 0.5) is 0 Å². The van der Waals surface area contributed by atoms with E-state index in [1.807, 2.05) is 4.90 Å². The van der Waals surface area contributed by atoms with E-state index in [0.29, 0.717) is 27.6 Å². The molecule has 0 unspecified atom stereocenters. The molecule has 0 radical (unpaired) electrons. The topological polar surface area (TPSA) is 52.7 Å². The lowest BCUT2D eigenvalue weighted by Gasteiger charge is -2.41. The van der Waals surface area contributed by atoms with Gasteiger partial charge in [-0.05, 0) is 69.3 Å². The van der Waals surface area contributed by atoms with Gasteiger partial charge in [0.05, 0.1) is 10.6 Å². The number of halogens is 2.